The van der Waals surface area contributed by atoms with Crippen molar-refractivity contribution in [1.82, 2.24) is 14.9 Å². The average molecular weight is 296 g/mol. The molecule has 4 nitrogen and oxygen atoms in total. The number of rotatable bonds is 3. The number of para-hydroxylation sites is 1. The van der Waals surface area contributed by atoms with Gasteiger partial charge >= 0.3 is 0 Å². The van der Waals surface area contributed by atoms with Gasteiger partial charge in [-0.05, 0) is 19.5 Å². The van der Waals surface area contributed by atoms with Crippen LogP contribution in [0.5, 0.6) is 0 Å². The van der Waals surface area contributed by atoms with Crippen molar-refractivity contribution in [1.29, 1.82) is 0 Å². The van der Waals surface area contributed by atoms with Crippen molar-refractivity contribution >= 4 is 16.6 Å². The van der Waals surface area contributed by atoms with E-state index >= 15 is 0 Å². The number of hydrogen-bond acceptors (Lipinski definition) is 3. The van der Waals surface area contributed by atoms with Gasteiger partial charge in [0.15, 0.2) is 0 Å². The van der Waals surface area contributed by atoms with Gasteiger partial charge in [0.05, 0.1) is 6.04 Å². The first kappa shape index (κ1) is 13.8. The zero-order valence-electron chi connectivity index (χ0n) is 13.4. The average Bonchev–Trinajstić information content (AvgIpc) is 3.15. The molecule has 0 saturated carbocycles. The predicted molar refractivity (Wildman–Crippen MR) is 91.1 cm³/mol. The molecule has 22 heavy (non-hydrogen) atoms. The number of nitrogens with zero attached hydrogens (tertiary/aromatic N) is 3. The van der Waals surface area contributed by atoms with Crippen molar-refractivity contribution in [3.05, 3.63) is 36.0 Å². The number of hydrogen-bond donors (Lipinski definition) is 1. The summed E-state index contributed by atoms with van der Waals surface area (Å²) in [6.45, 7) is 8.87. The lowest BCUT2D eigenvalue weighted by Gasteiger charge is -2.32. The quantitative estimate of drug-likeness (QED) is 0.944. The van der Waals surface area contributed by atoms with Gasteiger partial charge in [0.25, 0.3) is 0 Å². The van der Waals surface area contributed by atoms with Gasteiger partial charge in [-0.2, -0.15) is 5.10 Å². The van der Waals surface area contributed by atoms with Crippen LogP contribution in [-0.4, -0.2) is 34.8 Å². The number of nitrogens with one attached hydrogen (secondary N) is 1. The van der Waals surface area contributed by atoms with Gasteiger partial charge in [-0.1, -0.05) is 25.1 Å². The third kappa shape index (κ3) is 2.05. The summed E-state index contributed by atoms with van der Waals surface area (Å²) in [5.74, 6) is 0.518. The Morgan fingerprint density at radius 2 is 2.09 bits per heavy atom. The summed E-state index contributed by atoms with van der Waals surface area (Å²) in [5.41, 5.74) is 7.53. The molecule has 0 aliphatic carbocycles. The fourth-order valence-corrected chi connectivity index (χ4v) is 3.97. The van der Waals surface area contributed by atoms with Gasteiger partial charge in [-0.15, -0.1) is 0 Å². The molecule has 1 N–H and O–H groups in total. The normalized spacial score (nSPS) is 25.1. The smallest absolute Gasteiger partial charge is 0.0803 e. The molecule has 2 unspecified atom stereocenters. The topological polar surface area (TPSA) is 32.6 Å². The fraction of sp³-hybridized carbons (Fsp3) is 0.500. The molecule has 2 atom stereocenters. The molecular formula is C18H24N4. The zero-order valence-corrected chi connectivity index (χ0v) is 13.4. The first-order chi connectivity index (χ1) is 10.8. The van der Waals surface area contributed by atoms with Gasteiger partial charge in [0.2, 0.25) is 0 Å². The molecule has 0 radical (unpaired) electrons. The van der Waals surface area contributed by atoms with E-state index in [4.69, 9.17) is 0 Å². The van der Waals surface area contributed by atoms with E-state index in [1.807, 2.05) is 0 Å². The lowest BCUT2D eigenvalue weighted by Crippen LogP contribution is -2.41. The minimum Gasteiger partial charge on any atom is -0.347 e. The van der Waals surface area contributed by atoms with E-state index in [0.717, 1.165) is 32.6 Å². The zero-order chi connectivity index (χ0) is 15.1. The Balaban J connectivity index is 1.73. The van der Waals surface area contributed by atoms with Crippen LogP contribution in [-0.2, 0) is 6.54 Å². The van der Waals surface area contributed by atoms with E-state index in [1.165, 1.54) is 22.2 Å². The Hall–Kier alpha value is -1.81. The Kier molecular flexibility index (Phi) is 3.41. The van der Waals surface area contributed by atoms with Gasteiger partial charge in [-0.25, -0.2) is 0 Å². The maximum absolute atomic E-state index is 4.66. The molecule has 1 aromatic heterocycles. The molecule has 0 bridgehead atoms. The molecule has 4 rings (SSSR count). The van der Waals surface area contributed by atoms with E-state index in [-0.39, 0.29) is 0 Å². The maximum atomic E-state index is 4.66. The van der Waals surface area contributed by atoms with Gasteiger partial charge in [0.1, 0.15) is 0 Å². The number of aryl methyl sites for hydroxylation is 1. The number of aromatic nitrogens is 1. The van der Waals surface area contributed by atoms with Crippen LogP contribution in [0.4, 0.5) is 0 Å². The second-order valence-corrected chi connectivity index (χ2v) is 6.35. The fourth-order valence-electron chi connectivity index (χ4n) is 3.97. The third-order valence-electron chi connectivity index (χ3n) is 5.26. The van der Waals surface area contributed by atoms with Gasteiger partial charge < -0.3 is 14.9 Å². The van der Waals surface area contributed by atoms with Crippen LogP contribution in [0, 0.1) is 5.92 Å². The summed E-state index contributed by atoms with van der Waals surface area (Å²) in [4.78, 5) is 2.54. The summed E-state index contributed by atoms with van der Waals surface area (Å²) in [7, 11) is 0. The Labute approximate surface area is 131 Å². The Bertz CT molecular complexity index is 715. The summed E-state index contributed by atoms with van der Waals surface area (Å²) in [5, 5.41) is 6.02. The first-order valence-corrected chi connectivity index (χ1v) is 8.44. The number of likely N-dealkylation sites (tertiary alicyclic amines) is 1. The lowest BCUT2D eigenvalue weighted by atomic mass is 9.86. The van der Waals surface area contributed by atoms with E-state index in [9.17, 15) is 0 Å². The molecule has 1 saturated heterocycles. The summed E-state index contributed by atoms with van der Waals surface area (Å²) in [6, 6.07) is 9.06. The largest absolute Gasteiger partial charge is 0.347 e. The highest BCUT2D eigenvalue weighted by Crippen LogP contribution is 2.36. The summed E-state index contributed by atoms with van der Waals surface area (Å²) < 4.78 is 2.35. The van der Waals surface area contributed by atoms with E-state index < -0.39 is 0 Å². The van der Waals surface area contributed by atoms with Crippen molar-refractivity contribution in [3.63, 3.8) is 0 Å². The van der Waals surface area contributed by atoms with Crippen molar-refractivity contribution in [2.75, 3.05) is 19.6 Å². The van der Waals surface area contributed by atoms with Crippen LogP contribution < -0.4 is 5.43 Å². The van der Waals surface area contributed by atoms with Gasteiger partial charge in [0, 0.05) is 60.3 Å². The number of piperidine rings is 1. The molecule has 2 aliphatic rings. The minimum absolute atomic E-state index is 0.321. The highest BCUT2D eigenvalue weighted by molar-refractivity contribution is 5.92. The van der Waals surface area contributed by atoms with E-state index in [1.54, 1.807) is 0 Å². The van der Waals surface area contributed by atoms with Crippen molar-refractivity contribution in [3.8, 4) is 0 Å². The van der Waals surface area contributed by atoms with Crippen molar-refractivity contribution in [2.45, 2.75) is 32.9 Å². The van der Waals surface area contributed by atoms with Crippen molar-refractivity contribution < 1.29 is 0 Å². The van der Waals surface area contributed by atoms with Crippen LogP contribution in [0.25, 0.3) is 10.9 Å². The molecule has 3 heterocycles. The van der Waals surface area contributed by atoms with Crippen molar-refractivity contribution in [2.24, 2.45) is 11.0 Å². The second-order valence-electron chi connectivity index (χ2n) is 6.35. The number of benzene rings is 1. The molecule has 0 amide bonds. The monoisotopic (exact) mass is 296 g/mol. The van der Waals surface area contributed by atoms with Crippen LogP contribution in [0.3, 0.4) is 0 Å². The Morgan fingerprint density at radius 1 is 1.23 bits per heavy atom. The number of fused-ring (bicyclic) bond motifs is 2. The lowest BCUT2D eigenvalue weighted by molar-refractivity contribution is 0.239. The van der Waals surface area contributed by atoms with Gasteiger partial charge in [-0.3, -0.25) is 0 Å². The molecule has 1 aromatic carbocycles. The van der Waals surface area contributed by atoms with Crippen LogP contribution in [0.2, 0.25) is 0 Å². The summed E-state index contributed by atoms with van der Waals surface area (Å²) in [6.07, 6.45) is 3.43. The van der Waals surface area contributed by atoms with Crippen LogP contribution in [0.1, 0.15) is 31.9 Å². The molecule has 1 fully saturated rings. The second kappa shape index (κ2) is 5.43. The highest BCUT2D eigenvalue weighted by atomic mass is 15.4. The SMILES string of the molecule is CCN1CCC2=NNC(c3cn(CC)c4ccccc34)C2C1. The molecular weight excluding hydrogens is 272 g/mol. The van der Waals surface area contributed by atoms with E-state index in [0.29, 0.717) is 12.0 Å². The summed E-state index contributed by atoms with van der Waals surface area (Å²) >= 11 is 0. The molecule has 2 aliphatic heterocycles. The predicted octanol–water partition coefficient (Wildman–Crippen LogP) is 3.00. The highest BCUT2D eigenvalue weighted by Gasteiger charge is 2.37. The molecule has 4 heteroatoms. The van der Waals surface area contributed by atoms with E-state index in [2.05, 4.69) is 64.3 Å². The minimum atomic E-state index is 0.321. The third-order valence-corrected chi connectivity index (χ3v) is 5.26. The Morgan fingerprint density at radius 3 is 2.91 bits per heavy atom. The standard InChI is InChI=1S/C18H24N4/c1-3-21-10-9-16-15(11-21)18(20-19-16)14-12-22(4-2)17-8-6-5-7-13(14)17/h5-8,12,15,18,20H,3-4,9-11H2,1-2H3. The number of hydrazone groups is 1. The molecule has 116 valence electrons. The molecule has 0 spiro atoms. The van der Waals surface area contributed by atoms with Crippen LogP contribution >= 0.6 is 0 Å². The molecule has 2 aromatic rings. The maximum Gasteiger partial charge on any atom is 0.0803 e. The first-order valence-electron chi connectivity index (χ1n) is 8.44. The van der Waals surface area contributed by atoms with Crippen LogP contribution in [0.15, 0.2) is 35.6 Å².